The highest BCUT2D eigenvalue weighted by atomic mass is 28.4. The zero-order valence-corrected chi connectivity index (χ0v) is 19.7. The molecule has 0 aliphatic heterocycles. The molecule has 0 bridgehead atoms. The molecule has 1 unspecified atom stereocenters. The Bertz CT molecular complexity index is 1090. The molecule has 10 heteroatoms. The highest BCUT2D eigenvalue weighted by Crippen LogP contribution is 2.41. The van der Waals surface area contributed by atoms with Gasteiger partial charge >= 0.3 is 7.12 Å². The van der Waals surface area contributed by atoms with Crippen molar-refractivity contribution in [3.8, 4) is 11.4 Å². The molecular weight excluding hydrogens is 409 g/mol. The smallest absolute Gasteiger partial charge is 0.422 e. The fourth-order valence-electron chi connectivity index (χ4n) is 3.07. The summed E-state index contributed by atoms with van der Waals surface area (Å²) < 4.78 is 8.63. The lowest BCUT2D eigenvalue weighted by molar-refractivity contribution is 0.122. The van der Waals surface area contributed by atoms with Crippen LogP contribution in [0.3, 0.4) is 0 Å². The number of pyridine rings is 2. The Labute approximate surface area is 184 Å². The van der Waals surface area contributed by atoms with Gasteiger partial charge < -0.3 is 20.2 Å². The molecule has 0 aliphatic carbocycles. The Balaban J connectivity index is 2.29. The number of aromatic nitrogens is 4. The number of nitrogens with two attached hydrogens (primary N) is 1. The lowest BCUT2D eigenvalue weighted by atomic mass is 9.86. The number of nitrogens with zero attached hydrogens (tertiary/aromatic N) is 4. The van der Waals surface area contributed by atoms with Crippen LogP contribution >= 0.6 is 0 Å². The lowest BCUT2D eigenvalue weighted by Gasteiger charge is -2.39. The molecule has 0 fully saturated rings. The molecule has 0 aliphatic rings. The monoisotopic (exact) mass is 439 g/mol. The van der Waals surface area contributed by atoms with E-state index in [0.717, 1.165) is 0 Å². The van der Waals surface area contributed by atoms with Crippen molar-refractivity contribution >= 4 is 38.0 Å². The molecule has 0 saturated heterocycles. The van der Waals surface area contributed by atoms with Gasteiger partial charge in [0.2, 0.25) is 0 Å². The van der Waals surface area contributed by atoms with E-state index in [1.54, 1.807) is 24.4 Å². The number of anilines is 1. The molecule has 0 aromatic carbocycles. The highest BCUT2D eigenvalue weighted by molar-refractivity contribution is 6.74. The van der Waals surface area contributed by atoms with Crippen molar-refractivity contribution in [1.82, 2.24) is 19.5 Å². The van der Waals surface area contributed by atoms with E-state index in [9.17, 15) is 10.0 Å². The second-order valence-corrected chi connectivity index (χ2v) is 13.8. The number of imidazole rings is 1. The van der Waals surface area contributed by atoms with Gasteiger partial charge in [0, 0.05) is 12.6 Å². The molecule has 0 radical (unpaired) electrons. The maximum atomic E-state index is 9.67. The normalized spacial score (nSPS) is 13.4. The summed E-state index contributed by atoms with van der Waals surface area (Å²) in [6, 6.07) is 6.89. The summed E-state index contributed by atoms with van der Waals surface area (Å²) >= 11 is 0. The summed E-state index contributed by atoms with van der Waals surface area (Å²) in [5, 5.41) is 19.3. The van der Waals surface area contributed by atoms with Gasteiger partial charge in [-0.25, -0.2) is 15.0 Å². The highest BCUT2D eigenvalue weighted by Gasteiger charge is 2.40. The van der Waals surface area contributed by atoms with Crippen LogP contribution in [0.25, 0.3) is 22.6 Å². The van der Waals surface area contributed by atoms with Crippen LogP contribution in [0.1, 0.15) is 33.4 Å². The maximum Gasteiger partial charge on any atom is 0.508 e. The minimum absolute atomic E-state index is 0.0177. The summed E-state index contributed by atoms with van der Waals surface area (Å²) in [7, 11) is -3.89. The van der Waals surface area contributed by atoms with Gasteiger partial charge in [0.15, 0.2) is 14.0 Å². The van der Waals surface area contributed by atoms with Crippen LogP contribution in [0, 0.1) is 0 Å². The Morgan fingerprint density at radius 3 is 2.55 bits per heavy atom. The van der Waals surface area contributed by atoms with Crippen molar-refractivity contribution in [2.24, 2.45) is 0 Å². The molecule has 3 heterocycles. The summed E-state index contributed by atoms with van der Waals surface area (Å²) in [6.07, 6.45) is 3.48. The van der Waals surface area contributed by atoms with Crippen molar-refractivity contribution in [3.05, 3.63) is 43.1 Å². The molecule has 3 rings (SSSR count). The Morgan fingerprint density at radius 1 is 1.26 bits per heavy atom. The van der Waals surface area contributed by atoms with E-state index in [1.807, 2.05) is 10.6 Å². The molecule has 164 valence electrons. The average molecular weight is 439 g/mol. The van der Waals surface area contributed by atoms with Crippen LogP contribution < -0.4 is 11.3 Å². The first-order valence-corrected chi connectivity index (χ1v) is 13.1. The molecule has 1 atom stereocenters. The molecule has 3 aromatic heterocycles. The molecule has 3 aromatic rings. The minimum atomic E-state index is -2.19. The third kappa shape index (κ3) is 4.57. The number of hydrogen-bond donors (Lipinski definition) is 3. The first kappa shape index (κ1) is 23.1. The van der Waals surface area contributed by atoms with Crippen LogP contribution in [0.5, 0.6) is 0 Å². The lowest BCUT2D eigenvalue weighted by Crippen LogP contribution is -2.43. The predicted octanol–water partition coefficient (Wildman–Crippen LogP) is 2.85. The zero-order chi connectivity index (χ0) is 23.0. The molecule has 0 amide bonds. The van der Waals surface area contributed by atoms with E-state index in [2.05, 4.69) is 50.4 Å². The van der Waals surface area contributed by atoms with Crippen LogP contribution in [0.2, 0.25) is 18.1 Å². The third-order valence-corrected chi connectivity index (χ3v) is 10.3. The van der Waals surface area contributed by atoms with Crippen molar-refractivity contribution in [3.63, 3.8) is 0 Å². The molecule has 31 heavy (non-hydrogen) atoms. The fourth-order valence-corrected chi connectivity index (χ4v) is 4.30. The van der Waals surface area contributed by atoms with Gasteiger partial charge in [-0.15, -0.1) is 6.58 Å². The van der Waals surface area contributed by atoms with E-state index >= 15 is 0 Å². The van der Waals surface area contributed by atoms with E-state index in [4.69, 9.17) is 15.1 Å². The van der Waals surface area contributed by atoms with Gasteiger partial charge in [-0.3, -0.25) is 4.57 Å². The van der Waals surface area contributed by atoms with Gasteiger partial charge in [0.1, 0.15) is 23.4 Å². The van der Waals surface area contributed by atoms with E-state index in [-0.39, 0.29) is 10.6 Å². The van der Waals surface area contributed by atoms with Crippen molar-refractivity contribution in [1.29, 1.82) is 0 Å². The number of fused-ring (bicyclic) bond motifs is 1. The van der Waals surface area contributed by atoms with Gasteiger partial charge in [0.25, 0.3) is 0 Å². The Kier molecular flexibility index (Phi) is 6.38. The topological polar surface area (TPSA) is 119 Å². The van der Waals surface area contributed by atoms with Crippen LogP contribution in [0.4, 0.5) is 5.82 Å². The number of hydrogen-bond acceptors (Lipinski definition) is 7. The SMILES string of the molecule is C=CCC(O[Si](C)(C)C(C)(C)C)n1c(-c2cccnc2N)nc2ccc(B(O)O)nc21. The minimum Gasteiger partial charge on any atom is -0.422 e. The van der Waals surface area contributed by atoms with Crippen LogP contribution in [-0.4, -0.2) is 45.0 Å². The Hall–Kier alpha value is -2.53. The van der Waals surface area contributed by atoms with E-state index < -0.39 is 21.7 Å². The first-order valence-electron chi connectivity index (χ1n) is 10.2. The standard InChI is InChI=1S/C21H30BN5O3Si/c1-7-9-17(30-31(5,6)21(2,3)4)27-19(14-10-8-13-24-18(14)23)25-15-11-12-16(22(28)29)26-20(15)27/h7-8,10-13,17,28-29H,1,9H2,2-6H3,(H2,23,24). The van der Waals surface area contributed by atoms with Crippen molar-refractivity contribution < 1.29 is 14.5 Å². The summed E-state index contributed by atoms with van der Waals surface area (Å²) in [5.41, 5.74) is 8.03. The van der Waals surface area contributed by atoms with Crippen LogP contribution in [0.15, 0.2) is 43.1 Å². The average Bonchev–Trinajstić information content (AvgIpc) is 3.05. The van der Waals surface area contributed by atoms with E-state index in [0.29, 0.717) is 34.8 Å². The van der Waals surface area contributed by atoms with Crippen molar-refractivity contribution in [2.45, 2.75) is 51.6 Å². The second-order valence-electron chi connectivity index (χ2n) is 9.05. The summed E-state index contributed by atoms with van der Waals surface area (Å²) in [5.74, 6) is 0.898. The van der Waals surface area contributed by atoms with Gasteiger partial charge in [0.05, 0.1) is 11.2 Å². The third-order valence-electron chi connectivity index (χ3n) is 5.80. The summed E-state index contributed by atoms with van der Waals surface area (Å²) in [4.78, 5) is 13.4. The molecule has 4 N–H and O–H groups in total. The molecule has 8 nitrogen and oxygen atoms in total. The Morgan fingerprint density at radius 2 is 1.97 bits per heavy atom. The molecular formula is C21H30BN5O3Si. The quantitative estimate of drug-likeness (QED) is 0.383. The number of nitrogen functional groups attached to an aromatic ring is 1. The molecule has 0 spiro atoms. The maximum absolute atomic E-state index is 9.67. The summed E-state index contributed by atoms with van der Waals surface area (Å²) in [6.45, 7) is 14.8. The van der Waals surface area contributed by atoms with E-state index in [1.165, 1.54) is 6.07 Å². The van der Waals surface area contributed by atoms with Gasteiger partial charge in [-0.2, -0.15) is 0 Å². The second kappa shape index (κ2) is 8.54. The molecule has 0 saturated carbocycles. The van der Waals surface area contributed by atoms with Crippen LogP contribution in [-0.2, 0) is 4.43 Å². The van der Waals surface area contributed by atoms with Gasteiger partial charge in [-0.1, -0.05) is 26.8 Å². The fraction of sp³-hybridized carbons (Fsp3) is 0.381. The first-order chi connectivity index (χ1) is 14.5. The largest absolute Gasteiger partial charge is 0.508 e. The predicted molar refractivity (Wildman–Crippen MR) is 127 cm³/mol. The van der Waals surface area contributed by atoms with Gasteiger partial charge in [-0.05, 0) is 42.4 Å². The zero-order valence-electron chi connectivity index (χ0n) is 18.7. The van der Waals surface area contributed by atoms with Crippen molar-refractivity contribution in [2.75, 3.05) is 5.73 Å². The number of rotatable bonds is 7.